The summed E-state index contributed by atoms with van der Waals surface area (Å²) < 4.78 is 0. The minimum atomic E-state index is -0.921. The van der Waals surface area contributed by atoms with Crippen molar-refractivity contribution in [1.82, 2.24) is 0 Å². The molecule has 0 aromatic heterocycles. The smallest absolute Gasteiger partial charge is 0.154 e. The van der Waals surface area contributed by atoms with Crippen LogP contribution in [0.5, 0.6) is 0 Å². The van der Waals surface area contributed by atoms with Crippen LogP contribution in [-0.4, -0.2) is 29.9 Å². The maximum absolute atomic E-state index is 9.42. The van der Waals surface area contributed by atoms with E-state index in [4.69, 9.17) is 0 Å². The molecule has 0 amide bonds. The Bertz CT molecular complexity index is 87.0. The van der Waals surface area contributed by atoms with E-state index in [9.17, 15) is 5.11 Å². The minimum absolute atomic E-state index is 0.489. The molecule has 0 aliphatic heterocycles. The molecule has 0 aliphatic rings. The Morgan fingerprint density at radius 1 is 0.833 bits per heavy atom. The van der Waals surface area contributed by atoms with Crippen LogP contribution in [0.15, 0.2) is 0 Å². The first-order valence-corrected chi connectivity index (χ1v) is 7.73. The molecule has 0 fully saturated rings. The van der Waals surface area contributed by atoms with Crippen LogP contribution in [0.25, 0.3) is 0 Å². The summed E-state index contributed by atoms with van der Waals surface area (Å²) in [6, 6.07) is 0. The molecule has 1 N–H and O–H groups in total. The van der Waals surface area contributed by atoms with Crippen molar-refractivity contribution in [3.8, 4) is 0 Å². The average Bonchev–Trinajstić information content (AvgIpc) is 2.06. The van der Waals surface area contributed by atoms with Gasteiger partial charge in [-0.1, -0.05) is 20.8 Å². The van der Waals surface area contributed by atoms with Gasteiger partial charge in [-0.3, -0.25) is 0 Å². The van der Waals surface area contributed by atoms with Crippen LogP contribution < -0.4 is 0 Å². The maximum Gasteiger partial charge on any atom is 0.154 e. The molecule has 0 saturated heterocycles. The van der Waals surface area contributed by atoms with Gasteiger partial charge in [-0.15, -0.1) is 0 Å². The number of hydrogen-bond donors (Lipinski definition) is 1. The second kappa shape index (κ2) is 6.86. The van der Waals surface area contributed by atoms with E-state index in [1.165, 1.54) is 37.7 Å². The highest BCUT2D eigenvalue weighted by Gasteiger charge is 2.33. The fourth-order valence-electron chi connectivity index (χ4n) is 1.97. The topological polar surface area (TPSA) is 20.2 Å². The van der Waals surface area contributed by atoms with Crippen LogP contribution in [0.2, 0.25) is 0 Å². The van der Waals surface area contributed by atoms with Crippen molar-refractivity contribution in [1.29, 1.82) is 0 Å². The third-order valence-corrected chi connectivity index (χ3v) is 7.18. The SMILES string of the molecule is CCC[P+](CO)(CCC)CCC. The summed E-state index contributed by atoms with van der Waals surface area (Å²) in [5.41, 5.74) is 0. The third-order valence-electron chi connectivity index (χ3n) is 2.39. The predicted octanol–water partition coefficient (Wildman–Crippen LogP) is 3.18. The van der Waals surface area contributed by atoms with E-state index >= 15 is 0 Å². The van der Waals surface area contributed by atoms with Gasteiger partial charge in [0.2, 0.25) is 0 Å². The van der Waals surface area contributed by atoms with E-state index in [0.29, 0.717) is 6.35 Å². The van der Waals surface area contributed by atoms with Crippen molar-refractivity contribution in [3.05, 3.63) is 0 Å². The van der Waals surface area contributed by atoms with E-state index in [-0.39, 0.29) is 0 Å². The minimum Gasteiger partial charge on any atom is -0.362 e. The number of aliphatic hydroxyl groups is 1. The van der Waals surface area contributed by atoms with Gasteiger partial charge in [-0.05, 0) is 19.3 Å². The molecular formula is C10H24OP+. The highest BCUT2D eigenvalue weighted by atomic mass is 31.2. The number of hydrogen-bond acceptors (Lipinski definition) is 1. The molecule has 0 aromatic rings. The normalized spacial score (nSPS) is 12.0. The third kappa shape index (κ3) is 3.87. The Morgan fingerprint density at radius 3 is 1.33 bits per heavy atom. The van der Waals surface area contributed by atoms with Gasteiger partial charge >= 0.3 is 0 Å². The first kappa shape index (κ1) is 12.4. The van der Waals surface area contributed by atoms with Crippen molar-refractivity contribution in [3.63, 3.8) is 0 Å². The standard InChI is InChI=1S/C10H24OP/c1-4-7-12(10-11,8-5-2)9-6-3/h11H,4-10H2,1-3H3/q+1. The summed E-state index contributed by atoms with van der Waals surface area (Å²) in [5, 5.41) is 9.42. The molecule has 2 heteroatoms. The van der Waals surface area contributed by atoms with E-state index in [2.05, 4.69) is 20.8 Å². The fraction of sp³-hybridized carbons (Fsp3) is 1.00. The maximum atomic E-state index is 9.42. The summed E-state index contributed by atoms with van der Waals surface area (Å²) in [5.74, 6) is 0. The summed E-state index contributed by atoms with van der Waals surface area (Å²) in [6.07, 6.45) is 8.11. The molecule has 0 aromatic carbocycles. The van der Waals surface area contributed by atoms with Crippen LogP contribution in [0.3, 0.4) is 0 Å². The molecule has 0 spiro atoms. The second-order valence-electron chi connectivity index (χ2n) is 3.65. The van der Waals surface area contributed by atoms with Crippen LogP contribution in [0.4, 0.5) is 0 Å². The fourth-order valence-corrected chi connectivity index (χ4v) is 5.91. The zero-order chi connectivity index (χ0) is 9.45. The zero-order valence-electron chi connectivity index (χ0n) is 8.84. The van der Waals surface area contributed by atoms with Crippen molar-refractivity contribution < 1.29 is 5.11 Å². The molecule has 0 atom stereocenters. The molecular weight excluding hydrogens is 167 g/mol. The highest BCUT2D eigenvalue weighted by Crippen LogP contribution is 2.59. The van der Waals surface area contributed by atoms with Gasteiger partial charge in [0, 0.05) is 7.26 Å². The predicted molar refractivity (Wildman–Crippen MR) is 59.5 cm³/mol. The van der Waals surface area contributed by atoms with Gasteiger partial charge in [0.1, 0.15) is 0 Å². The zero-order valence-corrected chi connectivity index (χ0v) is 9.74. The van der Waals surface area contributed by atoms with Gasteiger partial charge in [-0.25, -0.2) is 0 Å². The molecule has 12 heavy (non-hydrogen) atoms. The Hall–Kier alpha value is 0.390. The summed E-state index contributed by atoms with van der Waals surface area (Å²) in [6.45, 7) is 6.70. The van der Waals surface area contributed by atoms with Crippen molar-refractivity contribution >= 4 is 7.26 Å². The molecule has 1 nitrogen and oxygen atoms in total. The van der Waals surface area contributed by atoms with Crippen molar-refractivity contribution in [2.45, 2.75) is 40.0 Å². The lowest BCUT2D eigenvalue weighted by molar-refractivity contribution is 0.366. The van der Waals surface area contributed by atoms with Gasteiger partial charge in [0.05, 0.1) is 18.5 Å². The first-order valence-electron chi connectivity index (χ1n) is 5.20. The molecule has 0 rings (SSSR count). The lowest BCUT2D eigenvalue weighted by atomic mass is 10.6. The van der Waals surface area contributed by atoms with E-state index < -0.39 is 7.26 Å². The van der Waals surface area contributed by atoms with Gasteiger partial charge in [-0.2, -0.15) is 0 Å². The van der Waals surface area contributed by atoms with Gasteiger partial charge in [0.25, 0.3) is 0 Å². The molecule has 0 unspecified atom stereocenters. The molecule has 0 radical (unpaired) electrons. The second-order valence-corrected chi connectivity index (χ2v) is 7.96. The largest absolute Gasteiger partial charge is 0.362 e. The monoisotopic (exact) mass is 191 g/mol. The molecule has 0 aliphatic carbocycles. The van der Waals surface area contributed by atoms with Crippen molar-refractivity contribution in [2.75, 3.05) is 24.8 Å². The van der Waals surface area contributed by atoms with Crippen molar-refractivity contribution in [2.24, 2.45) is 0 Å². The van der Waals surface area contributed by atoms with E-state index in [1.807, 2.05) is 0 Å². The molecule has 0 bridgehead atoms. The lowest BCUT2D eigenvalue weighted by Crippen LogP contribution is -2.10. The Kier molecular flexibility index (Phi) is 7.08. The quantitative estimate of drug-likeness (QED) is 0.613. The summed E-state index contributed by atoms with van der Waals surface area (Å²) >= 11 is 0. The van der Waals surface area contributed by atoms with Gasteiger partial charge in [0.15, 0.2) is 6.35 Å². The number of rotatable bonds is 7. The first-order chi connectivity index (χ1) is 5.74. The van der Waals surface area contributed by atoms with Crippen LogP contribution in [-0.2, 0) is 0 Å². The van der Waals surface area contributed by atoms with Crippen LogP contribution in [0.1, 0.15) is 40.0 Å². The Labute approximate surface area is 77.9 Å². The van der Waals surface area contributed by atoms with Gasteiger partial charge < -0.3 is 5.11 Å². The van der Waals surface area contributed by atoms with E-state index in [1.54, 1.807) is 0 Å². The van der Waals surface area contributed by atoms with E-state index in [0.717, 1.165) is 0 Å². The molecule has 74 valence electrons. The Morgan fingerprint density at radius 2 is 1.17 bits per heavy atom. The van der Waals surface area contributed by atoms with Crippen LogP contribution >= 0.6 is 7.26 Å². The number of aliphatic hydroxyl groups excluding tert-OH is 1. The molecule has 0 saturated carbocycles. The molecule has 0 heterocycles. The average molecular weight is 191 g/mol. The van der Waals surface area contributed by atoms with Crippen LogP contribution in [0, 0.1) is 0 Å². The summed E-state index contributed by atoms with van der Waals surface area (Å²) in [7, 11) is -0.921. The summed E-state index contributed by atoms with van der Waals surface area (Å²) in [4.78, 5) is 0. The highest BCUT2D eigenvalue weighted by molar-refractivity contribution is 7.75. The Balaban J connectivity index is 4.06. The lowest BCUT2D eigenvalue weighted by Gasteiger charge is -2.23.